The average molecular weight is 352 g/mol. The van der Waals surface area contributed by atoms with Crippen LogP contribution in [0.15, 0.2) is 24.3 Å². The second kappa shape index (κ2) is 10.8. The van der Waals surface area contributed by atoms with E-state index in [-0.39, 0.29) is 42.5 Å². The maximum absolute atomic E-state index is 12.8. The van der Waals surface area contributed by atoms with E-state index in [0.29, 0.717) is 6.54 Å². The second-order valence-corrected chi connectivity index (χ2v) is 5.34. The fourth-order valence-corrected chi connectivity index (χ4v) is 2.37. The lowest BCUT2D eigenvalue weighted by Gasteiger charge is -2.18. The van der Waals surface area contributed by atoms with Crippen LogP contribution < -0.4 is 10.6 Å². The van der Waals surface area contributed by atoms with Gasteiger partial charge in [0.25, 0.3) is 0 Å². The molecule has 0 aromatic heterocycles. The highest BCUT2D eigenvalue weighted by Gasteiger charge is 2.21. The number of nitrogens with one attached hydrogen (secondary N) is 2. The monoisotopic (exact) mass is 351 g/mol. The van der Waals surface area contributed by atoms with Gasteiger partial charge in [-0.2, -0.15) is 0 Å². The molecule has 0 spiro atoms. The van der Waals surface area contributed by atoms with Gasteiger partial charge in [-0.3, -0.25) is 4.79 Å². The summed E-state index contributed by atoms with van der Waals surface area (Å²) in [6, 6.07) is 6.51. The zero-order chi connectivity index (χ0) is 14.4. The number of carbonyl (C=O) groups is 1. The van der Waals surface area contributed by atoms with Gasteiger partial charge >= 0.3 is 0 Å². The minimum absolute atomic E-state index is 0. The minimum atomic E-state index is -0.214. The molecule has 1 aliphatic rings. The number of nitrogens with zero attached hydrogens (tertiary/aromatic N) is 1. The van der Waals surface area contributed by atoms with Crippen molar-refractivity contribution in [3.63, 3.8) is 0 Å². The van der Waals surface area contributed by atoms with Crippen molar-refractivity contribution in [2.75, 3.05) is 33.2 Å². The maximum Gasteiger partial charge on any atom is 0.224 e. The Labute approximate surface area is 143 Å². The molecule has 126 valence electrons. The van der Waals surface area contributed by atoms with E-state index in [4.69, 9.17) is 0 Å². The first-order valence-corrected chi connectivity index (χ1v) is 7.06. The molecule has 0 radical (unpaired) electrons. The fourth-order valence-electron chi connectivity index (χ4n) is 2.37. The third-order valence-electron chi connectivity index (χ3n) is 3.59. The van der Waals surface area contributed by atoms with E-state index in [2.05, 4.69) is 15.5 Å². The zero-order valence-corrected chi connectivity index (χ0v) is 14.3. The van der Waals surface area contributed by atoms with Crippen LogP contribution in [0.5, 0.6) is 0 Å². The Bertz CT molecular complexity index is 439. The van der Waals surface area contributed by atoms with Crippen LogP contribution in [0.2, 0.25) is 0 Å². The molecule has 1 amide bonds. The van der Waals surface area contributed by atoms with Crippen LogP contribution in [-0.2, 0) is 11.3 Å². The van der Waals surface area contributed by atoms with Gasteiger partial charge in [0.15, 0.2) is 0 Å². The third-order valence-corrected chi connectivity index (χ3v) is 3.59. The Balaban J connectivity index is 0.00000220. The molecule has 4 nitrogen and oxygen atoms in total. The maximum atomic E-state index is 12.8. The molecule has 1 heterocycles. The van der Waals surface area contributed by atoms with Crippen LogP contribution in [0.4, 0.5) is 4.39 Å². The number of likely N-dealkylation sites (N-methyl/N-ethyl adjacent to an activating group) is 1. The van der Waals surface area contributed by atoms with E-state index >= 15 is 0 Å². The molecule has 2 rings (SSSR count). The van der Waals surface area contributed by atoms with Crippen LogP contribution in [0, 0.1) is 11.7 Å². The Morgan fingerprint density at radius 1 is 1.36 bits per heavy atom. The molecule has 22 heavy (non-hydrogen) atoms. The summed E-state index contributed by atoms with van der Waals surface area (Å²) in [6.07, 6.45) is 0.928. The molecule has 0 bridgehead atoms. The number of benzene rings is 1. The third kappa shape index (κ3) is 6.92. The van der Waals surface area contributed by atoms with Gasteiger partial charge in [-0.25, -0.2) is 4.39 Å². The van der Waals surface area contributed by atoms with Crippen molar-refractivity contribution in [2.45, 2.75) is 13.0 Å². The molecule has 1 unspecified atom stereocenters. The number of rotatable bonds is 6. The number of hydrogen-bond acceptors (Lipinski definition) is 3. The van der Waals surface area contributed by atoms with E-state index in [1.54, 1.807) is 12.1 Å². The van der Waals surface area contributed by atoms with Crippen molar-refractivity contribution in [3.05, 3.63) is 35.6 Å². The Hall–Kier alpha value is -0.880. The molecule has 0 aliphatic carbocycles. The highest BCUT2D eigenvalue weighted by atomic mass is 35.5. The van der Waals surface area contributed by atoms with Crippen LogP contribution >= 0.6 is 24.8 Å². The van der Waals surface area contributed by atoms with Crippen molar-refractivity contribution in [1.82, 2.24) is 15.5 Å². The predicted molar refractivity (Wildman–Crippen MR) is 91.2 cm³/mol. The second-order valence-electron chi connectivity index (χ2n) is 5.34. The summed E-state index contributed by atoms with van der Waals surface area (Å²) in [7, 11) is 1.99. The molecule has 1 aromatic carbocycles. The van der Waals surface area contributed by atoms with Gasteiger partial charge in [0, 0.05) is 26.2 Å². The number of halogens is 3. The summed E-state index contributed by atoms with van der Waals surface area (Å²) in [5.74, 6) is 0.0522. The molecule has 1 atom stereocenters. The summed E-state index contributed by atoms with van der Waals surface area (Å²) in [5, 5.41) is 6.16. The molecule has 1 saturated heterocycles. The first kappa shape index (κ1) is 21.1. The zero-order valence-electron chi connectivity index (χ0n) is 12.7. The van der Waals surface area contributed by atoms with Crippen molar-refractivity contribution < 1.29 is 9.18 Å². The Morgan fingerprint density at radius 2 is 2.05 bits per heavy atom. The number of hydrogen-bond donors (Lipinski definition) is 2. The van der Waals surface area contributed by atoms with Gasteiger partial charge in [0.2, 0.25) is 5.91 Å². The highest BCUT2D eigenvalue weighted by Crippen LogP contribution is 2.07. The van der Waals surface area contributed by atoms with Crippen LogP contribution in [-0.4, -0.2) is 44.0 Å². The van der Waals surface area contributed by atoms with Crippen LogP contribution in [0.25, 0.3) is 0 Å². The summed E-state index contributed by atoms with van der Waals surface area (Å²) in [6.45, 7) is 3.90. The molecule has 7 heteroatoms. The molecule has 0 saturated carbocycles. The first-order valence-electron chi connectivity index (χ1n) is 7.06. The Kier molecular flexibility index (Phi) is 10.3. The molecular weight excluding hydrogens is 328 g/mol. The number of amides is 1. The molecular formula is C15H24Cl2FN3O. The van der Waals surface area contributed by atoms with E-state index in [0.717, 1.165) is 38.2 Å². The van der Waals surface area contributed by atoms with E-state index in [9.17, 15) is 9.18 Å². The molecule has 2 N–H and O–H groups in total. The van der Waals surface area contributed by atoms with Gasteiger partial charge in [0.05, 0.1) is 5.92 Å². The molecule has 1 aliphatic heterocycles. The van der Waals surface area contributed by atoms with E-state index in [1.807, 2.05) is 7.05 Å². The Morgan fingerprint density at radius 3 is 2.64 bits per heavy atom. The predicted octanol–water partition coefficient (Wildman–Crippen LogP) is 1.83. The van der Waals surface area contributed by atoms with Crippen molar-refractivity contribution >= 4 is 30.7 Å². The first-order chi connectivity index (χ1) is 9.65. The summed E-state index contributed by atoms with van der Waals surface area (Å²) < 4.78 is 12.8. The van der Waals surface area contributed by atoms with E-state index < -0.39 is 0 Å². The van der Waals surface area contributed by atoms with Gasteiger partial charge in [0.1, 0.15) is 5.82 Å². The lowest BCUT2D eigenvalue weighted by Crippen LogP contribution is -2.37. The molecule has 1 fully saturated rings. The quantitative estimate of drug-likeness (QED) is 0.821. The normalized spacial score (nSPS) is 16.8. The molecule has 1 aromatic rings. The van der Waals surface area contributed by atoms with Gasteiger partial charge in [-0.05, 0) is 37.7 Å². The lowest BCUT2D eigenvalue weighted by atomic mass is 10.1. The van der Waals surface area contributed by atoms with Crippen molar-refractivity contribution in [1.29, 1.82) is 0 Å². The van der Waals surface area contributed by atoms with Crippen molar-refractivity contribution in [2.24, 2.45) is 5.92 Å². The summed E-state index contributed by atoms with van der Waals surface area (Å²) in [5.41, 5.74) is 1.07. The summed E-state index contributed by atoms with van der Waals surface area (Å²) >= 11 is 0. The van der Waals surface area contributed by atoms with Gasteiger partial charge in [-0.1, -0.05) is 12.1 Å². The van der Waals surface area contributed by atoms with E-state index in [1.165, 1.54) is 12.1 Å². The van der Waals surface area contributed by atoms with Crippen LogP contribution in [0.3, 0.4) is 0 Å². The van der Waals surface area contributed by atoms with Crippen LogP contribution in [0.1, 0.15) is 12.0 Å². The largest absolute Gasteiger partial charge is 0.355 e. The average Bonchev–Trinajstić information content (AvgIpc) is 2.95. The number of carbonyl (C=O) groups excluding carboxylic acids is 1. The standard InChI is InChI=1S/C15H22FN3O.2ClH/c1-19(11-12-2-4-14(16)5-3-12)9-8-18-15(20)13-6-7-17-10-13;;/h2-5,13,17H,6-11H2,1H3,(H,18,20);2*1H. The lowest BCUT2D eigenvalue weighted by molar-refractivity contribution is -0.124. The summed E-state index contributed by atoms with van der Waals surface area (Å²) in [4.78, 5) is 13.9. The van der Waals surface area contributed by atoms with Gasteiger partial charge in [-0.15, -0.1) is 24.8 Å². The minimum Gasteiger partial charge on any atom is -0.355 e. The fraction of sp³-hybridized carbons (Fsp3) is 0.533. The topological polar surface area (TPSA) is 44.4 Å². The highest BCUT2D eigenvalue weighted by molar-refractivity contribution is 5.85. The van der Waals surface area contributed by atoms with Crippen molar-refractivity contribution in [3.8, 4) is 0 Å². The SMILES string of the molecule is CN(CCNC(=O)C1CCNC1)Cc1ccc(F)cc1.Cl.Cl. The van der Waals surface area contributed by atoms with Gasteiger partial charge < -0.3 is 15.5 Å². The smallest absolute Gasteiger partial charge is 0.224 e.